The second kappa shape index (κ2) is 46.2. The minimum Gasteiger partial charge on any atom is -0.406 e. The standard InChI is InChI=1S/C19H26F3NO.C9H20.C5H11.2C4H10.C3H7.U/c1-6-8-14(3)13-18(15(4)7-2)23(5)16-9-11-17(12-10-16)24-19(20,21)22;1-4-6-7-8-9(3)5-2;1-3-5-4-2;2*1-3-4-2;1-3-2;/h8-13,15H,6-7H2,1-5H3;9H,4-8H2,1-3H3;1,3-5H2,2H3;2*3-4H2,1-2H3;1,3H2,2H3;/q;;-1;;;-1;+2/b14-8-,18-13-;;;;;;. The minimum atomic E-state index is -4.67. The fourth-order valence-electron chi connectivity index (χ4n) is 3.61. The maximum atomic E-state index is 12.2. The zero-order valence-corrected chi connectivity index (χ0v) is 39.8. The Hall–Kier alpha value is -0.858. The Kier molecular flexibility index (Phi) is 56.5. The minimum absolute atomic E-state index is 0. The van der Waals surface area contributed by atoms with Gasteiger partial charge in [-0.1, -0.05) is 165 Å². The van der Waals surface area contributed by atoms with E-state index in [0.29, 0.717) is 5.92 Å². The number of halogens is 3. The van der Waals surface area contributed by atoms with Crippen molar-refractivity contribution in [2.45, 2.75) is 193 Å². The molecular formula is C44H84F3NOU. The molecule has 1 aromatic carbocycles. The number of benzene rings is 1. The van der Waals surface area contributed by atoms with Gasteiger partial charge in [-0.2, -0.15) is 12.8 Å². The third-order valence-electron chi connectivity index (χ3n) is 7.46. The van der Waals surface area contributed by atoms with Crippen LogP contribution in [0.15, 0.2) is 47.7 Å². The molecule has 2 unspecified atom stereocenters. The Bertz CT molecular complexity index is 812. The number of unbranched alkanes of at least 4 members (excludes halogenated alkanes) is 6. The van der Waals surface area contributed by atoms with Crippen LogP contribution >= 0.6 is 0 Å². The zero-order valence-electron chi connectivity index (χ0n) is 35.6. The van der Waals surface area contributed by atoms with Crippen molar-refractivity contribution in [2.24, 2.45) is 11.8 Å². The van der Waals surface area contributed by atoms with E-state index in [0.717, 1.165) is 43.0 Å². The van der Waals surface area contributed by atoms with Gasteiger partial charge in [0.2, 0.25) is 0 Å². The molecule has 6 heteroatoms. The van der Waals surface area contributed by atoms with Crippen molar-refractivity contribution < 1.29 is 49.0 Å². The molecule has 1 rings (SSSR count). The van der Waals surface area contributed by atoms with Crippen LogP contribution in [0.4, 0.5) is 18.9 Å². The van der Waals surface area contributed by atoms with Gasteiger partial charge in [-0.15, -0.1) is 13.2 Å². The average Bonchev–Trinajstić information content (AvgIpc) is 3.08. The molecule has 2 atom stereocenters. The summed E-state index contributed by atoms with van der Waals surface area (Å²) < 4.78 is 40.7. The summed E-state index contributed by atoms with van der Waals surface area (Å²) in [5.41, 5.74) is 3.13. The molecule has 296 valence electrons. The molecule has 0 N–H and O–H groups in total. The van der Waals surface area contributed by atoms with E-state index in [4.69, 9.17) is 0 Å². The van der Waals surface area contributed by atoms with E-state index in [1.807, 2.05) is 18.9 Å². The van der Waals surface area contributed by atoms with Crippen LogP contribution < -0.4 is 9.64 Å². The van der Waals surface area contributed by atoms with Gasteiger partial charge in [0.15, 0.2) is 0 Å². The number of hydrogen-bond acceptors (Lipinski definition) is 2. The second-order valence-electron chi connectivity index (χ2n) is 12.6. The van der Waals surface area contributed by atoms with Crippen molar-refractivity contribution in [3.8, 4) is 5.75 Å². The SMILES string of the molecule is CC/C=C(C)\C=C(\C(C)CC)N(C)c1ccc(OC(F)(F)F)cc1.CCCC.CCCC.CCCCCC(C)CC.[CH2-]CC.[CH2-]CCCC.[U+2]. The largest absolute Gasteiger partial charge is 2.00 e. The number of allylic oxidation sites excluding steroid dienone is 4. The van der Waals surface area contributed by atoms with Crippen molar-refractivity contribution in [2.75, 3.05) is 11.9 Å². The Morgan fingerprint density at radius 1 is 0.760 bits per heavy atom. The summed E-state index contributed by atoms with van der Waals surface area (Å²) in [6.45, 7) is 35.3. The van der Waals surface area contributed by atoms with Gasteiger partial charge in [-0.3, -0.25) is 0 Å². The monoisotopic (exact) mass is 938 g/mol. The van der Waals surface area contributed by atoms with Crippen LogP contribution in [-0.4, -0.2) is 13.4 Å². The van der Waals surface area contributed by atoms with E-state index in [2.05, 4.69) is 114 Å². The topological polar surface area (TPSA) is 12.5 Å². The second-order valence-corrected chi connectivity index (χ2v) is 12.6. The third kappa shape index (κ3) is 47.1. The third-order valence-corrected chi connectivity index (χ3v) is 7.46. The number of ether oxygens (including phenoxy) is 1. The van der Waals surface area contributed by atoms with Crippen LogP contribution in [0.1, 0.15) is 186 Å². The van der Waals surface area contributed by atoms with Crippen molar-refractivity contribution in [3.05, 3.63) is 61.5 Å². The average molecular weight is 938 g/mol. The van der Waals surface area contributed by atoms with Crippen LogP contribution in [0.3, 0.4) is 0 Å². The van der Waals surface area contributed by atoms with Gasteiger partial charge in [0.05, 0.1) is 0 Å². The zero-order chi connectivity index (χ0) is 39.1. The molecule has 50 heavy (non-hydrogen) atoms. The molecule has 0 aliphatic rings. The smallest absolute Gasteiger partial charge is 0.406 e. The molecule has 0 saturated carbocycles. The van der Waals surface area contributed by atoms with E-state index in [9.17, 15) is 13.2 Å². The first-order valence-electron chi connectivity index (χ1n) is 19.7. The Morgan fingerprint density at radius 2 is 1.22 bits per heavy atom. The first-order valence-corrected chi connectivity index (χ1v) is 19.7. The summed E-state index contributed by atoms with van der Waals surface area (Å²) in [5.74, 6) is 1.08. The molecule has 0 saturated heterocycles. The summed E-state index contributed by atoms with van der Waals surface area (Å²) in [4.78, 5) is 2.01. The van der Waals surface area contributed by atoms with Crippen LogP contribution in [0.5, 0.6) is 5.75 Å². The molecule has 0 aliphatic heterocycles. The number of anilines is 1. The van der Waals surface area contributed by atoms with Crippen LogP contribution in [0.25, 0.3) is 0 Å². The van der Waals surface area contributed by atoms with E-state index < -0.39 is 6.36 Å². The van der Waals surface area contributed by atoms with Gasteiger partial charge < -0.3 is 23.5 Å². The molecule has 0 spiro atoms. The van der Waals surface area contributed by atoms with Crippen molar-refractivity contribution in [3.63, 3.8) is 0 Å². The number of alkyl halides is 3. The molecule has 1 aromatic rings. The fraction of sp³-hybridized carbons (Fsp3) is 0.727. The molecule has 0 heterocycles. The fourth-order valence-corrected chi connectivity index (χ4v) is 3.61. The quantitative estimate of drug-likeness (QED) is 0.0930. The molecule has 0 aromatic heterocycles. The molecule has 0 radical (unpaired) electrons. The van der Waals surface area contributed by atoms with Gasteiger partial charge in [-0.05, 0) is 61.9 Å². The summed E-state index contributed by atoms with van der Waals surface area (Å²) in [6, 6.07) is 5.94. The Labute approximate surface area is 336 Å². The molecule has 0 amide bonds. The Morgan fingerprint density at radius 3 is 1.52 bits per heavy atom. The van der Waals surface area contributed by atoms with Crippen molar-refractivity contribution in [1.82, 2.24) is 0 Å². The Balaban J connectivity index is -0.000000152. The van der Waals surface area contributed by atoms with Crippen molar-refractivity contribution >= 4 is 5.69 Å². The van der Waals surface area contributed by atoms with E-state index >= 15 is 0 Å². The van der Waals surface area contributed by atoms with Gasteiger partial charge in [-0.25, -0.2) is 0 Å². The van der Waals surface area contributed by atoms with Gasteiger partial charge in [0.1, 0.15) is 5.75 Å². The van der Waals surface area contributed by atoms with Crippen LogP contribution in [0, 0.1) is 56.8 Å². The number of rotatable bonds is 16. The van der Waals surface area contributed by atoms with Gasteiger partial charge >= 0.3 is 37.5 Å². The van der Waals surface area contributed by atoms with Gasteiger partial charge in [0.25, 0.3) is 0 Å². The van der Waals surface area contributed by atoms with Crippen LogP contribution in [0.2, 0.25) is 0 Å². The molecule has 2 nitrogen and oxygen atoms in total. The maximum Gasteiger partial charge on any atom is 2.00 e. The van der Waals surface area contributed by atoms with Crippen molar-refractivity contribution in [1.29, 1.82) is 0 Å². The summed E-state index contributed by atoms with van der Waals surface area (Å²) in [5, 5.41) is 0. The van der Waals surface area contributed by atoms with Crippen LogP contribution in [-0.2, 0) is 0 Å². The predicted octanol–water partition coefficient (Wildman–Crippen LogP) is 16.8. The number of nitrogens with zero attached hydrogens (tertiary/aromatic N) is 1. The molecule has 0 aliphatic carbocycles. The maximum absolute atomic E-state index is 12.2. The summed E-state index contributed by atoms with van der Waals surface area (Å²) >= 11 is 0. The predicted molar refractivity (Wildman–Crippen MR) is 218 cm³/mol. The van der Waals surface area contributed by atoms with E-state index in [1.54, 1.807) is 12.1 Å². The summed E-state index contributed by atoms with van der Waals surface area (Å²) in [6.07, 6.45) is 18.5. The molecule has 0 fully saturated rings. The first kappa shape index (κ1) is 61.2. The van der Waals surface area contributed by atoms with E-state index in [-0.39, 0.29) is 36.9 Å². The molecule has 0 bridgehead atoms. The first-order chi connectivity index (χ1) is 23.1. The van der Waals surface area contributed by atoms with Gasteiger partial charge in [0, 0.05) is 18.4 Å². The molecular weight excluding hydrogens is 854 g/mol. The van der Waals surface area contributed by atoms with E-state index in [1.165, 1.54) is 88.3 Å². The summed E-state index contributed by atoms with van der Waals surface area (Å²) in [7, 11) is 1.93. The normalized spacial score (nSPS) is 11.8. The number of hydrogen-bond donors (Lipinski definition) is 0.